The maximum atomic E-state index is 10.6. The number of nitrogens with zero attached hydrogens (tertiary/aromatic N) is 1. The molecule has 0 radical (unpaired) electrons. The van der Waals surface area contributed by atoms with E-state index < -0.39 is 16.7 Å². The van der Waals surface area contributed by atoms with E-state index in [0.717, 1.165) is 17.4 Å². The molecule has 1 aromatic heterocycles. The zero-order valence-electron chi connectivity index (χ0n) is 6.78. The Morgan fingerprint density at radius 1 is 1.57 bits per heavy atom. The second-order valence-corrected chi connectivity index (χ2v) is 4.66. The summed E-state index contributed by atoms with van der Waals surface area (Å²) >= 11 is 0.944. The number of rotatable bonds is 3. The van der Waals surface area contributed by atoms with E-state index in [4.69, 9.17) is 14.9 Å². The molecule has 1 rings (SSSR count). The second kappa shape index (κ2) is 4.05. The summed E-state index contributed by atoms with van der Waals surface area (Å²) in [6, 6.07) is 1.12. The van der Waals surface area contributed by atoms with Crippen LogP contribution in [0.15, 0.2) is 21.5 Å². The van der Waals surface area contributed by atoms with Crippen molar-refractivity contribution >= 4 is 27.2 Å². The number of hydrogen-bond donors (Lipinski definition) is 3. The standard InChI is InChI=1S/C6H7NO5S2/c8-2-5(7-9)6-1-4(3-13-6)14(10,11)12/h1,3,8-9H,2H2,(H,10,11,12). The van der Waals surface area contributed by atoms with E-state index in [9.17, 15) is 8.42 Å². The second-order valence-electron chi connectivity index (χ2n) is 2.33. The molecule has 0 bridgehead atoms. The Balaban J connectivity index is 3.12. The average Bonchev–Trinajstić information content (AvgIpc) is 2.54. The van der Waals surface area contributed by atoms with Gasteiger partial charge in [-0.15, -0.1) is 11.3 Å². The van der Waals surface area contributed by atoms with Gasteiger partial charge >= 0.3 is 0 Å². The lowest BCUT2D eigenvalue weighted by Gasteiger charge is -1.93. The van der Waals surface area contributed by atoms with Gasteiger partial charge in [-0.05, 0) is 6.07 Å². The molecule has 0 aromatic carbocycles. The highest BCUT2D eigenvalue weighted by Crippen LogP contribution is 2.19. The fourth-order valence-corrected chi connectivity index (χ4v) is 2.48. The first-order chi connectivity index (χ1) is 6.49. The van der Waals surface area contributed by atoms with E-state index in [0.29, 0.717) is 0 Å². The molecule has 0 unspecified atom stereocenters. The highest BCUT2D eigenvalue weighted by molar-refractivity contribution is 7.86. The molecule has 8 heteroatoms. The Hall–Kier alpha value is -0.960. The summed E-state index contributed by atoms with van der Waals surface area (Å²) in [5, 5.41) is 21.1. The quantitative estimate of drug-likeness (QED) is 0.300. The Kier molecular flexibility index (Phi) is 3.21. The molecule has 0 aliphatic carbocycles. The normalized spacial score (nSPS) is 13.1. The smallest absolute Gasteiger partial charge is 0.295 e. The molecule has 0 amide bonds. The zero-order chi connectivity index (χ0) is 10.8. The maximum Gasteiger partial charge on any atom is 0.295 e. The molecule has 78 valence electrons. The molecule has 3 N–H and O–H groups in total. The van der Waals surface area contributed by atoms with Gasteiger partial charge in [-0.3, -0.25) is 4.55 Å². The van der Waals surface area contributed by atoms with Crippen LogP contribution in [0.1, 0.15) is 4.88 Å². The Bertz CT molecular complexity index is 447. The van der Waals surface area contributed by atoms with E-state index in [1.54, 1.807) is 0 Å². The van der Waals surface area contributed by atoms with Crippen molar-refractivity contribution in [2.75, 3.05) is 6.61 Å². The minimum absolute atomic E-state index is 0.0510. The summed E-state index contributed by atoms with van der Waals surface area (Å²) in [5.41, 5.74) is -0.0510. The monoisotopic (exact) mass is 237 g/mol. The lowest BCUT2D eigenvalue weighted by atomic mass is 10.3. The molecule has 1 heterocycles. The van der Waals surface area contributed by atoms with Gasteiger partial charge in [0.15, 0.2) is 0 Å². The first-order valence-electron chi connectivity index (χ1n) is 3.37. The Morgan fingerprint density at radius 3 is 2.57 bits per heavy atom. The van der Waals surface area contributed by atoms with E-state index in [-0.39, 0.29) is 15.5 Å². The fraction of sp³-hybridized carbons (Fsp3) is 0.167. The number of thiophene rings is 1. The third-order valence-electron chi connectivity index (χ3n) is 1.43. The van der Waals surface area contributed by atoms with Gasteiger partial charge in [-0.2, -0.15) is 8.42 Å². The van der Waals surface area contributed by atoms with Crippen LogP contribution in [0.5, 0.6) is 0 Å². The van der Waals surface area contributed by atoms with Crippen LogP contribution in [-0.2, 0) is 10.1 Å². The van der Waals surface area contributed by atoms with Crippen LogP contribution >= 0.6 is 11.3 Å². The molecule has 14 heavy (non-hydrogen) atoms. The van der Waals surface area contributed by atoms with Crippen molar-refractivity contribution in [1.29, 1.82) is 0 Å². The molecular weight excluding hydrogens is 230 g/mol. The van der Waals surface area contributed by atoms with Crippen molar-refractivity contribution in [3.05, 3.63) is 16.3 Å². The van der Waals surface area contributed by atoms with Crippen molar-refractivity contribution in [3.63, 3.8) is 0 Å². The molecule has 6 nitrogen and oxygen atoms in total. The number of aliphatic hydroxyl groups is 1. The van der Waals surface area contributed by atoms with Gasteiger partial charge in [0.05, 0.1) is 11.5 Å². The predicted octanol–water partition coefficient (Wildman–Crippen LogP) is 0.165. The van der Waals surface area contributed by atoms with Gasteiger partial charge in [0.25, 0.3) is 10.1 Å². The third-order valence-corrected chi connectivity index (χ3v) is 3.39. The summed E-state index contributed by atoms with van der Waals surface area (Å²) in [6.07, 6.45) is 0. The van der Waals surface area contributed by atoms with Crippen LogP contribution in [0.4, 0.5) is 0 Å². The van der Waals surface area contributed by atoms with Gasteiger partial charge in [0.2, 0.25) is 0 Å². The van der Waals surface area contributed by atoms with Gasteiger partial charge in [0, 0.05) is 5.38 Å². The van der Waals surface area contributed by atoms with Crippen LogP contribution in [-0.4, -0.2) is 35.6 Å². The molecule has 1 aromatic rings. The van der Waals surface area contributed by atoms with Crippen molar-refractivity contribution in [3.8, 4) is 0 Å². The zero-order valence-corrected chi connectivity index (χ0v) is 8.42. The highest BCUT2D eigenvalue weighted by atomic mass is 32.2. The van der Waals surface area contributed by atoms with Gasteiger partial charge in [0.1, 0.15) is 10.6 Å². The summed E-state index contributed by atoms with van der Waals surface area (Å²) < 4.78 is 29.9. The van der Waals surface area contributed by atoms with Crippen LogP contribution in [0, 0.1) is 0 Å². The van der Waals surface area contributed by atoms with Crippen molar-refractivity contribution in [2.24, 2.45) is 5.16 Å². The lowest BCUT2D eigenvalue weighted by molar-refractivity contribution is 0.304. The fourth-order valence-electron chi connectivity index (χ4n) is 0.764. The van der Waals surface area contributed by atoms with E-state index in [2.05, 4.69) is 5.16 Å². The number of aliphatic hydroxyl groups excluding tert-OH is 1. The first-order valence-corrected chi connectivity index (χ1v) is 5.69. The van der Waals surface area contributed by atoms with Gasteiger partial charge < -0.3 is 10.3 Å². The minimum Gasteiger partial charge on any atom is -0.411 e. The van der Waals surface area contributed by atoms with Crippen molar-refractivity contribution < 1.29 is 23.3 Å². The van der Waals surface area contributed by atoms with E-state index >= 15 is 0 Å². The molecule has 0 spiro atoms. The van der Waals surface area contributed by atoms with Gasteiger partial charge in [-0.25, -0.2) is 0 Å². The Morgan fingerprint density at radius 2 is 2.21 bits per heavy atom. The molecule has 0 aliphatic heterocycles. The minimum atomic E-state index is -4.24. The SMILES string of the molecule is O=S(=O)(O)c1csc(C(CO)=NO)c1. The highest BCUT2D eigenvalue weighted by Gasteiger charge is 2.14. The third kappa shape index (κ3) is 2.29. The molecule has 0 saturated carbocycles. The van der Waals surface area contributed by atoms with Gasteiger partial charge in [-0.1, -0.05) is 5.16 Å². The predicted molar refractivity (Wildman–Crippen MR) is 49.5 cm³/mol. The van der Waals surface area contributed by atoms with E-state index in [1.165, 1.54) is 5.38 Å². The molecule has 0 atom stereocenters. The van der Waals surface area contributed by atoms with Crippen molar-refractivity contribution in [2.45, 2.75) is 4.90 Å². The largest absolute Gasteiger partial charge is 0.411 e. The molecular formula is C6H7NO5S2. The Labute approximate surface area is 83.9 Å². The number of hydrogen-bond acceptors (Lipinski definition) is 6. The van der Waals surface area contributed by atoms with E-state index in [1.807, 2.05) is 0 Å². The summed E-state index contributed by atoms with van der Waals surface area (Å²) in [5.74, 6) is 0. The summed E-state index contributed by atoms with van der Waals surface area (Å²) in [4.78, 5) is -0.00488. The maximum absolute atomic E-state index is 10.6. The molecule has 0 aliphatic rings. The molecule has 0 fully saturated rings. The number of oxime groups is 1. The molecule has 0 saturated heterocycles. The first kappa shape index (κ1) is 11.1. The van der Waals surface area contributed by atoms with Crippen LogP contribution in [0.2, 0.25) is 0 Å². The van der Waals surface area contributed by atoms with Crippen molar-refractivity contribution in [1.82, 2.24) is 0 Å². The lowest BCUT2D eigenvalue weighted by Crippen LogP contribution is -2.04. The van der Waals surface area contributed by atoms with Crippen LogP contribution in [0.3, 0.4) is 0 Å². The average molecular weight is 237 g/mol. The summed E-state index contributed by atoms with van der Waals surface area (Å²) in [7, 11) is -4.24. The van der Waals surface area contributed by atoms with Crippen LogP contribution < -0.4 is 0 Å². The topological polar surface area (TPSA) is 107 Å². The van der Waals surface area contributed by atoms with Crippen LogP contribution in [0.25, 0.3) is 0 Å². The summed E-state index contributed by atoms with van der Waals surface area (Å²) in [6.45, 7) is -0.512.